The third kappa shape index (κ3) is 2.39. The molecule has 0 aromatic heterocycles. The largest absolute Gasteiger partial charge is 0.480 e. The predicted molar refractivity (Wildman–Crippen MR) is 90.4 cm³/mol. The van der Waals surface area contributed by atoms with E-state index in [1.54, 1.807) is 0 Å². The van der Waals surface area contributed by atoms with E-state index < -0.39 is 11.4 Å². The molecule has 1 unspecified atom stereocenters. The van der Waals surface area contributed by atoms with Crippen LogP contribution in [0.2, 0.25) is 0 Å². The number of aryl methyl sites for hydroxylation is 1. The number of carbonyl (C=O) groups is 2. The number of amides is 1. The maximum atomic E-state index is 12.4. The van der Waals surface area contributed by atoms with Gasteiger partial charge in [-0.05, 0) is 54.0 Å². The molecule has 2 aliphatic rings. The molecule has 1 atom stereocenters. The van der Waals surface area contributed by atoms with E-state index in [-0.39, 0.29) is 11.9 Å². The van der Waals surface area contributed by atoms with Crippen LogP contribution >= 0.6 is 0 Å². The van der Waals surface area contributed by atoms with Crippen LogP contribution in [-0.2, 0) is 16.0 Å². The Morgan fingerprint density at radius 2 is 1.79 bits per heavy atom. The van der Waals surface area contributed by atoms with Gasteiger partial charge in [0.25, 0.3) is 0 Å². The van der Waals surface area contributed by atoms with E-state index in [1.165, 1.54) is 5.56 Å². The predicted octanol–water partition coefficient (Wildman–Crippen LogP) is 3.32. The molecule has 1 fully saturated rings. The fourth-order valence-corrected chi connectivity index (χ4v) is 3.52. The first-order chi connectivity index (χ1) is 11.6. The number of rotatable bonds is 4. The van der Waals surface area contributed by atoms with Crippen molar-refractivity contribution in [3.8, 4) is 11.1 Å². The van der Waals surface area contributed by atoms with Gasteiger partial charge in [-0.3, -0.25) is 9.59 Å². The van der Waals surface area contributed by atoms with E-state index in [2.05, 4.69) is 35.6 Å². The molecule has 24 heavy (non-hydrogen) atoms. The van der Waals surface area contributed by atoms with Crippen molar-refractivity contribution in [2.75, 3.05) is 0 Å². The summed E-state index contributed by atoms with van der Waals surface area (Å²) < 4.78 is 0. The Kier molecular flexibility index (Phi) is 3.41. The van der Waals surface area contributed by atoms with Gasteiger partial charge in [0, 0.05) is 0 Å². The third-order valence-electron chi connectivity index (χ3n) is 5.23. The van der Waals surface area contributed by atoms with Gasteiger partial charge in [-0.25, -0.2) is 0 Å². The van der Waals surface area contributed by atoms with Crippen molar-refractivity contribution in [3.05, 3.63) is 59.7 Å². The van der Waals surface area contributed by atoms with E-state index in [4.69, 9.17) is 0 Å². The molecule has 4 nitrogen and oxygen atoms in total. The summed E-state index contributed by atoms with van der Waals surface area (Å²) >= 11 is 0. The second kappa shape index (κ2) is 5.48. The van der Waals surface area contributed by atoms with Crippen molar-refractivity contribution in [1.29, 1.82) is 0 Å². The molecule has 2 aliphatic carbocycles. The maximum Gasteiger partial charge on any atom is 0.319 e. The van der Waals surface area contributed by atoms with Crippen LogP contribution in [0, 0.1) is 5.41 Å². The smallest absolute Gasteiger partial charge is 0.319 e. The molecule has 0 spiro atoms. The first-order valence-corrected chi connectivity index (χ1v) is 8.33. The lowest BCUT2D eigenvalue weighted by atomic mass is 9.98. The molecule has 4 heteroatoms. The lowest BCUT2D eigenvalue weighted by Gasteiger charge is -2.18. The molecule has 0 heterocycles. The number of aliphatic carboxylic acids is 1. The molecule has 0 aliphatic heterocycles. The average Bonchev–Trinajstić information content (AvgIpc) is 3.34. The summed E-state index contributed by atoms with van der Waals surface area (Å²) in [6, 6.07) is 16.4. The Labute approximate surface area is 140 Å². The van der Waals surface area contributed by atoms with E-state index in [0.717, 1.165) is 29.5 Å². The van der Waals surface area contributed by atoms with Crippen LogP contribution in [0.5, 0.6) is 0 Å². The Morgan fingerprint density at radius 3 is 2.46 bits per heavy atom. The van der Waals surface area contributed by atoms with Gasteiger partial charge in [-0.2, -0.15) is 0 Å². The number of carboxylic acid groups (broad SMARTS) is 1. The van der Waals surface area contributed by atoms with Gasteiger partial charge in [0.05, 0.1) is 6.04 Å². The minimum atomic E-state index is -1.18. The lowest BCUT2D eigenvalue weighted by Crippen LogP contribution is -2.38. The van der Waals surface area contributed by atoms with Crippen molar-refractivity contribution >= 4 is 11.9 Å². The molecule has 1 saturated carbocycles. The number of hydrogen-bond donors (Lipinski definition) is 2. The monoisotopic (exact) mass is 321 g/mol. The molecule has 2 N–H and O–H groups in total. The number of hydrogen-bond acceptors (Lipinski definition) is 2. The lowest BCUT2D eigenvalue weighted by molar-refractivity contribution is -0.149. The highest BCUT2D eigenvalue weighted by Crippen LogP contribution is 2.47. The summed E-state index contributed by atoms with van der Waals surface area (Å²) in [6.07, 6.45) is 2.63. The van der Waals surface area contributed by atoms with E-state index in [9.17, 15) is 14.7 Å². The number of carboxylic acids is 1. The van der Waals surface area contributed by atoms with E-state index >= 15 is 0 Å². The van der Waals surface area contributed by atoms with Crippen LogP contribution in [0.3, 0.4) is 0 Å². The normalized spacial score (nSPS) is 20.2. The summed E-state index contributed by atoms with van der Waals surface area (Å²) in [5, 5.41) is 12.3. The minimum absolute atomic E-state index is 0.0898. The average molecular weight is 321 g/mol. The minimum Gasteiger partial charge on any atom is -0.480 e. The number of fused-ring (bicyclic) bond motifs is 1. The van der Waals surface area contributed by atoms with Gasteiger partial charge in [0.2, 0.25) is 5.91 Å². The fourth-order valence-electron chi connectivity index (χ4n) is 3.52. The highest BCUT2D eigenvalue weighted by molar-refractivity contribution is 6.05. The quantitative estimate of drug-likeness (QED) is 0.849. The van der Waals surface area contributed by atoms with Gasteiger partial charge in [-0.15, -0.1) is 0 Å². The Morgan fingerprint density at radius 1 is 1.04 bits per heavy atom. The second-order valence-electron chi connectivity index (χ2n) is 6.73. The summed E-state index contributed by atoms with van der Waals surface area (Å²) in [5.74, 6) is -1.34. The first kappa shape index (κ1) is 14.9. The van der Waals surface area contributed by atoms with E-state index in [0.29, 0.717) is 12.8 Å². The van der Waals surface area contributed by atoms with Crippen molar-refractivity contribution in [2.45, 2.75) is 31.7 Å². The number of nitrogens with one attached hydrogen (secondary N) is 1. The van der Waals surface area contributed by atoms with Crippen molar-refractivity contribution in [1.82, 2.24) is 5.32 Å². The van der Waals surface area contributed by atoms with Gasteiger partial charge in [0.1, 0.15) is 5.41 Å². The van der Waals surface area contributed by atoms with Gasteiger partial charge < -0.3 is 10.4 Å². The van der Waals surface area contributed by atoms with Crippen LogP contribution in [0.1, 0.15) is 36.4 Å². The molecule has 2 aromatic rings. The molecule has 4 rings (SSSR count). The summed E-state index contributed by atoms with van der Waals surface area (Å²) in [4.78, 5) is 23.7. The van der Waals surface area contributed by atoms with Crippen LogP contribution in [0.25, 0.3) is 11.1 Å². The Bertz CT molecular complexity index is 809. The van der Waals surface area contributed by atoms with Crippen molar-refractivity contribution < 1.29 is 14.7 Å². The standard InChI is InChI=1S/C20H19NO3/c22-18(20(10-11-20)19(23)24)21-17-9-8-14-6-7-15(12-16(14)17)13-4-2-1-3-5-13/h1-7,12,17H,8-11H2,(H,21,22)(H,23,24). The highest BCUT2D eigenvalue weighted by Gasteiger charge is 2.57. The van der Waals surface area contributed by atoms with Crippen LogP contribution in [-0.4, -0.2) is 17.0 Å². The zero-order valence-corrected chi connectivity index (χ0v) is 13.3. The number of benzene rings is 2. The first-order valence-electron chi connectivity index (χ1n) is 8.33. The van der Waals surface area contributed by atoms with Gasteiger partial charge >= 0.3 is 5.97 Å². The third-order valence-corrected chi connectivity index (χ3v) is 5.23. The van der Waals surface area contributed by atoms with Crippen molar-refractivity contribution in [2.24, 2.45) is 5.41 Å². The molecule has 1 amide bonds. The SMILES string of the molecule is O=C(O)C1(C(=O)NC2CCc3ccc(-c4ccccc4)cc32)CC1. The molecular weight excluding hydrogens is 302 g/mol. The zero-order chi connectivity index (χ0) is 16.7. The molecule has 0 bridgehead atoms. The van der Waals surface area contributed by atoms with E-state index in [1.807, 2.05) is 18.2 Å². The van der Waals surface area contributed by atoms with Crippen molar-refractivity contribution in [3.63, 3.8) is 0 Å². The molecule has 0 saturated heterocycles. The summed E-state index contributed by atoms with van der Waals surface area (Å²) in [7, 11) is 0. The van der Waals surface area contributed by atoms with Crippen LogP contribution < -0.4 is 5.32 Å². The molecule has 0 radical (unpaired) electrons. The number of carbonyl (C=O) groups excluding carboxylic acids is 1. The van der Waals surface area contributed by atoms with Gasteiger partial charge in [-0.1, -0.05) is 42.5 Å². The topological polar surface area (TPSA) is 66.4 Å². The zero-order valence-electron chi connectivity index (χ0n) is 13.3. The Hall–Kier alpha value is -2.62. The maximum absolute atomic E-state index is 12.4. The highest BCUT2D eigenvalue weighted by atomic mass is 16.4. The van der Waals surface area contributed by atoms with Crippen LogP contribution in [0.15, 0.2) is 48.5 Å². The summed E-state index contributed by atoms with van der Waals surface area (Å²) in [6.45, 7) is 0. The molecular formula is C20H19NO3. The van der Waals surface area contributed by atoms with Gasteiger partial charge in [0.15, 0.2) is 0 Å². The molecule has 2 aromatic carbocycles. The van der Waals surface area contributed by atoms with Crippen LogP contribution in [0.4, 0.5) is 0 Å². The molecule has 122 valence electrons. The second-order valence-corrected chi connectivity index (χ2v) is 6.73. The summed E-state index contributed by atoms with van der Waals surface area (Å²) in [5.41, 5.74) is 3.43. The Balaban J connectivity index is 1.59. The fraction of sp³-hybridized carbons (Fsp3) is 0.300.